The minimum Gasteiger partial charge on any atom is -0.481 e. The predicted molar refractivity (Wildman–Crippen MR) is 88.9 cm³/mol. The van der Waals surface area contributed by atoms with Crippen LogP contribution in [0.25, 0.3) is 0 Å². The van der Waals surface area contributed by atoms with Crippen LogP contribution >= 0.6 is 11.8 Å². The second-order valence-electron chi connectivity index (χ2n) is 6.75. The molecule has 0 spiro atoms. The summed E-state index contributed by atoms with van der Waals surface area (Å²) in [6.07, 6.45) is 1.36. The van der Waals surface area contributed by atoms with Gasteiger partial charge in [-0.3, -0.25) is 14.4 Å². The third-order valence-corrected chi connectivity index (χ3v) is 5.82. The monoisotopic (exact) mass is 342 g/mol. The van der Waals surface area contributed by atoms with Crippen LogP contribution in [0.2, 0.25) is 0 Å². The fraction of sp³-hybridized carbons (Fsp3) is 0.812. The largest absolute Gasteiger partial charge is 0.481 e. The number of piperidine rings is 1. The van der Waals surface area contributed by atoms with Crippen molar-refractivity contribution in [3.05, 3.63) is 0 Å². The second-order valence-corrected chi connectivity index (χ2v) is 7.75. The zero-order chi connectivity index (χ0) is 17.1. The fourth-order valence-corrected chi connectivity index (χ4v) is 4.40. The van der Waals surface area contributed by atoms with Crippen molar-refractivity contribution in [2.45, 2.75) is 39.7 Å². The van der Waals surface area contributed by atoms with Crippen molar-refractivity contribution >= 4 is 29.5 Å². The molecule has 4 atom stereocenters. The molecule has 6 nitrogen and oxygen atoms in total. The summed E-state index contributed by atoms with van der Waals surface area (Å²) in [5, 5.41) is 9.26. The Labute approximate surface area is 141 Å². The summed E-state index contributed by atoms with van der Waals surface area (Å²) in [4.78, 5) is 39.9. The lowest BCUT2D eigenvalue weighted by Crippen LogP contribution is -2.54. The van der Waals surface area contributed by atoms with E-state index in [2.05, 4.69) is 0 Å². The Morgan fingerprint density at radius 3 is 2.61 bits per heavy atom. The topological polar surface area (TPSA) is 77.9 Å². The van der Waals surface area contributed by atoms with Crippen LogP contribution in [0.1, 0.15) is 33.6 Å². The van der Waals surface area contributed by atoms with E-state index in [1.165, 1.54) is 0 Å². The normalized spacial score (nSPS) is 29.4. The fourth-order valence-electron chi connectivity index (χ4n) is 3.24. The zero-order valence-electron chi connectivity index (χ0n) is 14.0. The third-order valence-electron chi connectivity index (χ3n) is 4.81. The van der Waals surface area contributed by atoms with Gasteiger partial charge in [-0.25, -0.2) is 0 Å². The second kappa shape index (κ2) is 7.55. The van der Waals surface area contributed by atoms with E-state index >= 15 is 0 Å². The number of hydrogen-bond acceptors (Lipinski definition) is 4. The number of carboxylic acid groups (broad SMARTS) is 1. The average molecular weight is 342 g/mol. The van der Waals surface area contributed by atoms with Gasteiger partial charge in [0.15, 0.2) is 0 Å². The first-order chi connectivity index (χ1) is 10.8. The number of likely N-dealkylation sites (tertiary alicyclic amines) is 1. The summed E-state index contributed by atoms with van der Waals surface area (Å²) in [6, 6.07) is -0.443. The lowest BCUT2D eigenvalue weighted by molar-refractivity contribution is -0.151. The number of carbonyl (C=O) groups is 3. The molecule has 0 radical (unpaired) electrons. The van der Waals surface area contributed by atoms with Gasteiger partial charge in [-0.1, -0.05) is 20.8 Å². The van der Waals surface area contributed by atoms with E-state index in [0.29, 0.717) is 24.6 Å². The number of thioether (sulfide) groups is 1. The minimum atomic E-state index is -0.845. The van der Waals surface area contributed by atoms with Gasteiger partial charge in [0.2, 0.25) is 11.8 Å². The molecule has 130 valence electrons. The molecular weight excluding hydrogens is 316 g/mol. The summed E-state index contributed by atoms with van der Waals surface area (Å²) in [7, 11) is 0. The lowest BCUT2D eigenvalue weighted by Gasteiger charge is -2.37. The van der Waals surface area contributed by atoms with Gasteiger partial charge in [0.1, 0.15) is 6.04 Å². The Balaban J connectivity index is 2.09. The highest BCUT2D eigenvalue weighted by molar-refractivity contribution is 7.99. The quantitative estimate of drug-likeness (QED) is 0.838. The molecule has 1 N–H and O–H groups in total. The van der Waals surface area contributed by atoms with Gasteiger partial charge in [0.25, 0.3) is 0 Å². The average Bonchev–Trinajstić information content (AvgIpc) is 3.01. The lowest BCUT2D eigenvalue weighted by atomic mass is 9.90. The molecule has 4 unspecified atom stereocenters. The minimum absolute atomic E-state index is 0.0238. The van der Waals surface area contributed by atoms with Crippen LogP contribution in [0.15, 0.2) is 0 Å². The maximum Gasteiger partial charge on any atom is 0.308 e. The van der Waals surface area contributed by atoms with Crippen LogP contribution < -0.4 is 0 Å². The first-order valence-corrected chi connectivity index (χ1v) is 9.40. The Bertz CT molecular complexity index is 485. The molecule has 0 aliphatic carbocycles. The maximum absolute atomic E-state index is 12.9. The Morgan fingerprint density at radius 2 is 2.00 bits per heavy atom. The number of carbonyl (C=O) groups excluding carboxylic acids is 2. The van der Waals surface area contributed by atoms with Gasteiger partial charge >= 0.3 is 5.97 Å². The van der Waals surface area contributed by atoms with Gasteiger partial charge in [0.05, 0.1) is 11.8 Å². The van der Waals surface area contributed by atoms with E-state index in [1.807, 2.05) is 20.8 Å². The molecule has 2 amide bonds. The number of carboxylic acids is 1. The van der Waals surface area contributed by atoms with Crippen molar-refractivity contribution in [3.63, 3.8) is 0 Å². The number of aliphatic carboxylic acids is 1. The molecule has 2 saturated heterocycles. The Kier molecular flexibility index (Phi) is 5.95. The number of nitrogens with zero attached hydrogens (tertiary/aromatic N) is 2. The van der Waals surface area contributed by atoms with Crippen molar-refractivity contribution in [1.29, 1.82) is 0 Å². The molecule has 0 aromatic carbocycles. The molecular formula is C16H26N2O4S. The predicted octanol–water partition coefficient (Wildman–Crippen LogP) is 1.50. The van der Waals surface area contributed by atoms with Crippen molar-refractivity contribution in [1.82, 2.24) is 9.80 Å². The summed E-state index contributed by atoms with van der Waals surface area (Å²) < 4.78 is 0. The van der Waals surface area contributed by atoms with Crippen molar-refractivity contribution in [2.24, 2.45) is 17.8 Å². The molecule has 0 saturated carbocycles. The zero-order valence-corrected chi connectivity index (χ0v) is 14.8. The van der Waals surface area contributed by atoms with Crippen LogP contribution in [0.5, 0.6) is 0 Å². The highest BCUT2D eigenvalue weighted by Gasteiger charge is 2.41. The van der Waals surface area contributed by atoms with E-state index in [4.69, 9.17) is 0 Å². The van der Waals surface area contributed by atoms with Crippen LogP contribution in [-0.2, 0) is 14.4 Å². The van der Waals surface area contributed by atoms with E-state index in [-0.39, 0.29) is 30.2 Å². The van der Waals surface area contributed by atoms with Gasteiger partial charge in [0, 0.05) is 24.8 Å². The highest BCUT2D eigenvalue weighted by Crippen LogP contribution is 2.28. The first-order valence-electron chi connectivity index (χ1n) is 8.24. The molecule has 2 fully saturated rings. The highest BCUT2D eigenvalue weighted by atomic mass is 32.2. The smallest absolute Gasteiger partial charge is 0.308 e. The third kappa shape index (κ3) is 4.00. The summed E-state index contributed by atoms with van der Waals surface area (Å²) in [5.74, 6) is -0.189. The van der Waals surface area contributed by atoms with Crippen molar-refractivity contribution < 1.29 is 19.5 Å². The van der Waals surface area contributed by atoms with E-state index in [9.17, 15) is 19.5 Å². The molecule has 2 heterocycles. The van der Waals surface area contributed by atoms with Crippen molar-refractivity contribution in [3.8, 4) is 0 Å². The molecule has 0 bridgehead atoms. The van der Waals surface area contributed by atoms with Gasteiger partial charge in [-0.15, -0.1) is 11.8 Å². The van der Waals surface area contributed by atoms with Crippen LogP contribution in [0.3, 0.4) is 0 Å². The molecule has 0 aromatic heterocycles. The standard InChI is InChI=1S/C16H26N2O4S/c1-4-11(3)14(19)18-9-23-8-13(18)15(20)17-6-10(2)5-12(7-17)16(21)22/h10-13H,4-9H2,1-3H3,(H,21,22). The molecule has 2 aliphatic heterocycles. The van der Waals surface area contributed by atoms with Crippen LogP contribution in [0, 0.1) is 17.8 Å². The molecule has 7 heteroatoms. The van der Waals surface area contributed by atoms with E-state index in [1.54, 1.807) is 21.6 Å². The van der Waals surface area contributed by atoms with E-state index < -0.39 is 17.9 Å². The van der Waals surface area contributed by atoms with Crippen LogP contribution in [-0.4, -0.2) is 63.5 Å². The Morgan fingerprint density at radius 1 is 1.30 bits per heavy atom. The van der Waals surface area contributed by atoms with E-state index in [0.717, 1.165) is 6.42 Å². The summed E-state index contributed by atoms with van der Waals surface area (Å²) in [5.41, 5.74) is 0. The maximum atomic E-state index is 12.9. The number of rotatable bonds is 4. The molecule has 2 rings (SSSR count). The molecule has 23 heavy (non-hydrogen) atoms. The Hall–Kier alpha value is -1.24. The molecule has 2 aliphatic rings. The van der Waals surface area contributed by atoms with Crippen molar-refractivity contribution in [2.75, 3.05) is 24.7 Å². The van der Waals surface area contributed by atoms with Crippen LogP contribution in [0.4, 0.5) is 0 Å². The van der Waals surface area contributed by atoms with Gasteiger partial charge in [-0.05, 0) is 18.8 Å². The first kappa shape index (κ1) is 18.1. The van der Waals surface area contributed by atoms with Gasteiger partial charge < -0.3 is 14.9 Å². The molecule has 0 aromatic rings. The summed E-state index contributed by atoms with van der Waals surface area (Å²) >= 11 is 1.59. The van der Waals surface area contributed by atoms with Gasteiger partial charge in [-0.2, -0.15) is 0 Å². The summed E-state index contributed by atoms with van der Waals surface area (Å²) in [6.45, 7) is 6.66. The SMILES string of the molecule is CCC(C)C(=O)N1CSCC1C(=O)N1CC(C)CC(C(=O)O)C1. The number of hydrogen-bond donors (Lipinski definition) is 1. The number of amides is 2.